The average molecular weight is 272 g/mol. The summed E-state index contributed by atoms with van der Waals surface area (Å²) in [5, 5.41) is 11.3. The highest BCUT2D eigenvalue weighted by Crippen LogP contribution is 2.12. The molecule has 2 rings (SSSR count). The van der Waals surface area contributed by atoms with Gasteiger partial charge in [0.05, 0.1) is 0 Å². The smallest absolute Gasteiger partial charge is 0.413 e. The number of hydrogen-bond acceptors (Lipinski definition) is 4. The Labute approximate surface area is 115 Å². The van der Waals surface area contributed by atoms with Crippen LogP contribution < -0.4 is 5.32 Å². The number of rotatable bonds is 4. The normalized spacial score (nSPS) is 9.80. The Morgan fingerprint density at radius 2 is 1.90 bits per heavy atom. The van der Waals surface area contributed by atoms with Crippen LogP contribution in [0.3, 0.4) is 0 Å². The number of carbonyl (C=O) groups is 2. The first-order valence-corrected chi connectivity index (χ1v) is 5.83. The van der Waals surface area contributed by atoms with Crippen LogP contribution >= 0.6 is 0 Å². The molecule has 20 heavy (non-hydrogen) atoms. The van der Waals surface area contributed by atoms with Gasteiger partial charge in [0.2, 0.25) is 0 Å². The number of nitrogens with one attached hydrogen (secondary N) is 1. The Morgan fingerprint density at radius 1 is 1.15 bits per heavy atom. The van der Waals surface area contributed by atoms with Crippen molar-refractivity contribution in [3.05, 3.63) is 59.8 Å². The topological polar surface area (TPSA) is 88.5 Å². The first-order chi connectivity index (χ1) is 9.66. The minimum atomic E-state index is -1.17. The highest BCUT2D eigenvalue weighted by Gasteiger charge is 2.13. The molecule has 0 aliphatic rings. The molecule has 0 atom stereocenters. The largest absolute Gasteiger partial charge is 0.478 e. The molecule has 2 N–H and O–H groups in total. The Hall–Kier alpha value is -2.89. The lowest BCUT2D eigenvalue weighted by atomic mass is 10.2. The molecular formula is C14H12N2O4. The maximum Gasteiger partial charge on any atom is 0.413 e. The Bertz CT molecular complexity index is 614. The molecule has 1 aromatic carbocycles. The lowest BCUT2D eigenvalue weighted by Crippen LogP contribution is -2.17. The third-order valence-electron chi connectivity index (χ3n) is 2.47. The molecule has 1 aromatic heterocycles. The second-order valence-corrected chi connectivity index (χ2v) is 3.89. The van der Waals surface area contributed by atoms with E-state index in [-0.39, 0.29) is 18.0 Å². The molecule has 0 aliphatic carbocycles. The van der Waals surface area contributed by atoms with E-state index in [0.717, 1.165) is 5.56 Å². The van der Waals surface area contributed by atoms with E-state index in [1.54, 1.807) is 0 Å². The van der Waals surface area contributed by atoms with Crippen LogP contribution in [0.4, 0.5) is 10.6 Å². The van der Waals surface area contributed by atoms with Crippen molar-refractivity contribution in [2.24, 2.45) is 0 Å². The van der Waals surface area contributed by atoms with Gasteiger partial charge in [-0.2, -0.15) is 0 Å². The molecule has 0 unspecified atom stereocenters. The van der Waals surface area contributed by atoms with Crippen LogP contribution in [0.2, 0.25) is 0 Å². The summed E-state index contributed by atoms with van der Waals surface area (Å²) in [4.78, 5) is 26.3. The fourth-order valence-electron chi connectivity index (χ4n) is 1.53. The number of carboxylic acids is 1. The van der Waals surface area contributed by atoms with Crippen molar-refractivity contribution >= 4 is 17.9 Å². The lowest BCUT2D eigenvalue weighted by Gasteiger charge is -2.08. The molecule has 0 radical (unpaired) electrons. The molecule has 1 amide bonds. The number of benzene rings is 1. The van der Waals surface area contributed by atoms with Crippen molar-refractivity contribution in [2.45, 2.75) is 6.61 Å². The van der Waals surface area contributed by atoms with Gasteiger partial charge in [0.25, 0.3) is 0 Å². The Balaban J connectivity index is 1.97. The predicted molar refractivity (Wildman–Crippen MR) is 71.4 cm³/mol. The van der Waals surface area contributed by atoms with Gasteiger partial charge in [-0.3, -0.25) is 5.32 Å². The summed E-state index contributed by atoms with van der Waals surface area (Å²) >= 11 is 0. The van der Waals surface area contributed by atoms with Crippen LogP contribution in [0.5, 0.6) is 0 Å². The molecule has 0 spiro atoms. The molecule has 6 heteroatoms. The van der Waals surface area contributed by atoms with Crippen molar-refractivity contribution in [1.82, 2.24) is 4.98 Å². The second-order valence-electron chi connectivity index (χ2n) is 3.89. The first-order valence-electron chi connectivity index (χ1n) is 5.83. The molecule has 0 fully saturated rings. The zero-order valence-electron chi connectivity index (χ0n) is 10.4. The number of aromatic carboxylic acids is 1. The van der Waals surface area contributed by atoms with E-state index in [1.807, 2.05) is 30.3 Å². The Morgan fingerprint density at radius 3 is 2.60 bits per heavy atom. The lowest BCUT2D eigenvalue weighted by molar-refractivity contribution is 0.0697. The van der Waals surface area contributed by atoms with Gasteiger partial charge in [-0.05, 0) is 17.7 Å². The fourth-order valence-corrected chi connectivity index (χ4v) is 1.53. The number of nitrogens with zero attached hydrogens (tertiary/aromatic N) is 1. The highest BCUT2D eigenvalue weighted by molar-refractivity contribution is 5.97. The summed E-state index contributed by atoms with van der Waals surface area (Å²) in [6, 6.07) is 12.0. The number of carbonyl (C=O) groups excluding carboxylic acids is 1. The molecule has 0 aliphatic heterocycles. The molecule has 6 nitrogen and oxygen atoms in total. The number of hydrogen-bond donors (Lipinski definition) is 2. The molecular weight excluding hydrogens is 260 g/mol. The minimum absolute atomic E-state index is 0.0435. The summed E-state index contributed by atoms with van der Waals surface area (Å²) in [5.41, 5.74) is 0.742. The average Bonchev–Trinajstić information content (AvgIpc) is 2.46. The molecule has 1 heterocycles. The Kier molecular flexibility index (Phi) is 4.28. The van der Waals surface area contributed by atoms with E-state index >= 15 is 0 Å². The van der Waals surface area contributed by atoms with Crippen LogP contribution in [-0.4, -0.2) is 22.2 Å². The number of pyridine rings is 1. The van der Waals surface area contributed by atoms with Crippen LogP contribution in [0, 0.1) is 0 Å². The summed E-state index contributed by atoms with van der Waals surface area (Å²) < 4.78 is 4.98. The van der Waals surface area contributed by atoms with E-state index in [9.17, 15) is 9.59 Å². The van der Waals surface area contributed by atoms with E-state index in [2.05, 4.69) is 10.3 Å². The molecule has 0 saturated carbocycles. The van der Waals surface area contributed by atoms with Gasteiger partial charge >= 0.3 is 12.1 Å². The van der Waals surface area contributed by atoms with Gasteiger partial charge in [-0.15, -0.1) is 0 Å². The third kappa shape index (κ3) is 3.55. The molecule has 102 valence electrons. The summed E-state index contributed by atoms with van der Waals surface area (Å²) in [5.74, 6) is -1.21. The monoisotopic (exact) mass is 272 g/mol. The van der Waals surface area contributed by atoms with Crippen LogP contribution in [0.15, 0.2) is 48.7 Å². The van der Waals surface area contributed by atoms with Crippen LogP contribution in [0.25, 0.3) is 0 Å². The van der Waals surface area contributed by atoms with E-state index < -0.39 is 12.1 Å². The second kappa shape index (κ2) is 6.33. The number of amides is 1. The van der Waals surface area contributed by atoms with E-state index in [4.69, 9.17) is 9.84 Å². The van der Waals surface area contributed by atoms with Crippen LogP contribution in [-0.2, 0) is 11.3 Å². The van der Waals surface area contributed by atoms with Crippen LogP contribution in [0.1, 0.15) is 15.9 Å². The van der Waals surface area contributed by atoms with Crippen molar-refractivity contribution in [3.8, 4) is 0 Å². The quantitative estimate of drug-likeness (QED) is 0.892. The standard InChI is InChI=1S/C14H12N2O4/c17-13(18)11-7-4-8-15-12(11)16-14(19)20-9-10-5-2-1-3-6-10/h1-8H,9H2,(H,17,18)(H,15,16,19). The summed E-state index contributed by atoms with van der Waals surface area (Å²) in [6.45, 7) is 0.0991. The van der Waals surface area contributed by atoms with Gasteiger partial charge in [-0.25, -0.2) is 14.6 Å². The fraction of sp³-hybridized carbons (Fsp3) is 0.0714. The maximum absolute atomic E-state index is 11.6. The van der Waals surface area contributed by atoms with Gasteiger partial charge in [0.1, 0.15) is 18.0 Å². The molecule has 0 bridgehead atoms. The highest BCUT2D eigenvalue weighted by atomic mass is 16.5. The maximum atomic E-state index is 11.6. The van der Waals surface area contributed by atoms with Crippen molar-refractivity contribution in [1.29, 1.82) is 0 Å². The zero-order chi connectivity index (χ0) is 14.4. The van der Waals surface area contributed by atoms with Gasteiger partial charge in [-0.1, -0.05) is 30.3 Å². The summed E-state index contributed by atoms with van der Waals surface area (Å²) in [6.07, 6.45) is 0.634. The summed E-state index contributed by atoms with van der Waals surface area (Å²) in [7, 11) is 0. The van der Waals surface area contributed by atoms with E-state index in [0.29, 0.717) is 0 Å². The van der Waals surface area contributed by atoms with E-state index in [1.165, 1.54) is 18.3 Å². The zero-order valence-corrected chi connectivity index (χ0v) is 10.4. The van der Waals surface area contributed by atoms with Gasteiger partial charge < -0.3 is 9.84 Å². The number of anilines is 1. The van der Waals surface area contributed by atoms with Gasteiger partial charge in [0, 0.05) is 6.20 Å². The number of carboxylic acid groups (broad SMARTS) is 1. The number of ether oxygens (including phenoxy) is 1. The van der Waals surface area contributed by atoms with Crippen molar-refractivity contribution in [3.63, 3.8) is 0 Å². The number of aromatic nitrogens is 1. The first kappa shape index (κ1) is 13.5. The van der Waals surface area contributed by atoms with Gasteiger partial charge in [0.15, 0.2) is 0 Å². The van der Waals surface area contributed by atoms with Crippen molar-refractivity contribution in [2.75, 3.05) is 5.32 Å². The molecule has 0 saturated heterocycles. The molecule has 2 aromatic rings. The minimum Gasteiger partial charge on any atom is -0.478 e. The predicted octanol–water partition coefficient (Wildman–Crippen LogP) is 2.53. The third-order valence-corrected chi connectivity index (χ3v) is 2.47. The SMILES string of the molecule is O=C(Nc1ncccc1C(=O)O)OCc1ccccc1. The van der Waals surface area contributed by atoms with Crippen molar-refractivity contribution < 1.29 is 19.4 Å².